The van der Waals surface area contributed by atoms with Gasteiger partial charge in [-0.3, -0.25) is 0 Å². The SMILES string of the molecule is C=CCCC=CC=CC. The van der Waals surface area contributed by atoms with Gasteiger partial charge in [-0.1, -0.05) is 30.4 Å². The van der Waals surface area contributed by atoms with E-state index in [1.54, 1.807) is 0 Å². The highest BCUT2D eigenvalue weighted by atomic mass is 13.8. The molecule has 0 spiro atoms. The van der Waals surface area contributed by atoms with Crippen molar-refractivity contribution in [3.05, 3.63) is 37.0 Å². The molecule has 0 N–H and O–H groups in total. The maximum Gasteiger partial charge on any atom is -0.0313 e. The Morgan fingerprint density at radius 2 is 2.00 bits per heavy atom. The van der Waals surface area contributed by atoms with E-state index in [2.05, 4.69) is 18.7 Å². The molecule has 0 heteroatoms. The van der Waals surface area contributed by atoms with Crippen molar-refractivity contribution in [3.8, 4) is 0 Å². The molecule has 0 aromatic heterocycles. The molecule has 0 aliphatic carbocycles. The zero-order valence-electron chi connectivity index (χ0n) is 6.01. The predicted octanol–water partition coefficient (Wildman–Crippen LogP) is 3.08. The van der Waals surface area contributed by atoms with E-state index >= 15 is 0 Å². The van der Waals surface area contributed by atoms with Gasteiger partial charge in [0.05, 0.1) is 0 Å². The quantitative estimate of drug-likeness (QED) is 0.305. The van der Waals surface area contributed by atoms with Gasteiger partial charge >= 0.3 is 0 Å². The average molecular weight is 122 g/mol. The molecule has 0 aliphatic rings. The van der Waals surface area contributed by atoms with Crippen molar-refractivity contribution in [1.82, 2.24) is 0 Å². The van der Waals surface area contributed by atoms with Crippen LogP contribution in [0.2, 0.25) is 0 Å². The molecule has 0 nitrogen and oxygen atoms in total. The average Bonchev–Trinajstić information content (AvgIpc) is 1.89. The van der Waals surface area contributed by atoms with E-state index in [4.69, 9.17) is 0 Å². The summed E-state index contributed by atoms with van der Waals surface area (Å²) in [6.07, 6.45) is 12.4. The molecule has 0 fully saturated rings. The van der Waals surface area contributed by atoms with Gasteiger partial charge in [0.25, 0.3) is 0 Å². The maximum absolute atomic E-state index is 3.63. The molecule has 0 saturated carbocycles. The highest BCUT2D eigenvalue weighted by Gasteiger charge is 1.70. The van der Waals surface area contributed by atoms with E-state index in [1.165, 1.54) is 0 Å². The van der Waals surface area contributed by atoms with Gasteiger partial charge in [0, 0.05) is 0 Å². The molecule has 0 rings (SSSR count). The van der Waals surface area contributed by atoms with Crippen LogP contribution < -0.4 is 0 Å². The minimum absolute atomic E-state index is 1.08. The molecule has 0 heterocycles. The topological polar surface area (TPSA) is 0 Å². The monoisotopic (exact) mass is 122 g/mol. The molecule has 0 bridgehead atoms. The van der Waals surface area contributed by atoms with Gasteiger partial charge < -0.3 is 0 Å². The molecule has 0 amide bonds. The van der Waals surface area contributed by atoms with Crippen LogP contribution in [0.25, 0.3) is 0 Å². The summed E-state index contributed by atoms with van der Waals surface area (Å²) in [5.41, 5.74) is 0. The van der Waals surface area contributed by atoms with Crippen LogP contribution >= 0.6 is 0 Å². The normalized spacial score (nSPS) is 11.2. The number of unbranched alkanes of at least 4 members (excludes halogenated alkanes) is 1. The second-order valence-corrected chi connectivity index (χ2v) is 1.82. The Morgan fingerprint density at radius 1 is 1.22 bits per heavy atom. The molecule has 0 aliphatic heterocycles. The standard InChI is InChI=1S/C9H14/c1-3-5-7-9-8-6-4-2/h3-4,6,8-9H,1,5,7H2,2H3. The van der Waals surface area contributed by atoms with Crippen molar-refractivity contribution in [1.29, 1.82) is 0 Å². The van der Waals surface area contributed by atoms with Crippen molar-refractivity contribution >= 4 is 0 Å². The van der Waals surface area contributed by atoms with Crippen LogP contribution in [-0.2, 0) is 0 Å². The summed E-state index contributed by atoms with van der Waals surface area (Å²) in [6, 6.07) is 0. The summed E-state index contributed by atoms with van der Waals surface area (Å²) < 4.78 is 0. The van der Waals surface area contributed by atoms with E-state index in [9.17, 15) is 0 Å². The van der Waals surface area contributed by atoms with Gasteiger partial charge in [-0.05, 0) is 19.8 Å². The molecule has 0 radical (unpaired) electrons. The van der Waals surface area contributed by atoms with Crippen LogP contribution in [0, 0.1) is 0 Å². The van der Waals surface area contributed by atoms with Gasteiger partial charge in [-0.2, -0.15) is 0 Å². The van der Waals surface area contributed by atoms with E-state index in [0.717, 1.165) is 12.8 Å². The van der Waals surface area contributed by atoms with Crippen LogP contribution in [0.1, 0.15) is 19.8 Å². The van der Waals surface area contributed by atoms with Crippen LogP contribution in [0.15, 0.2) is 37.0 Å². The number of hydrogen-bond acceptors (Lipinski definition) is 0. The predicted molar refractivity (Wildman–Crippen MR) is 43.4 cm³/mol. The Bertz CT molecular complexity index is 107. The maximum atomic E-state index is 3.63. The summed E-state index contributed by atoms with van der Waals surface area (Å²) in [7, 11) is 0. The molecular weight excluding hydrogens is 108 g/mol. The van der Waals surface area contributed by atoms with Crippen LogP contribution in [0.5, 0.6) is 0 Å². The molecule has 0 unspecified atom stereocenters. The smallest absolute Gasteiger partial charge is 0.0313 e. The third kappa shape index (κ3) is 7.22. The number of hydrogen-bond donors (Lipinski definition) is 0. The first kappa shape index (κ1) is 8.22. The van der Waals surface area contributed by atoms with Crippen LogP contribution in [0.4, 0.5) is 0 Å². The van der Waals surface area contributed by atoms with Crippen LogP contribution in [0.3, 0.4) is 0 Å². The number of rotatable bonds is 4. The molecule has 0 saturated heterocycles. The Kier molecular flexibility index (Phi) is 6.59. The first-order chi connectivity index (χ1) is 4.41. The third-order valence-electron chi connectivity index (χ3n) is 0.977. The minimum atomic E-state index is 1.08. The van der Waals surface area contributed by atoms with E-state index in [0.29, 0.717) is 0 Å². The van der Waals surface area contributed by atoms with Crippen LogP contribution in [-0.4, -0.2) is 0 Å². The summed E-state index contributed by atoms with van der Waals surface area (Å²) in [6.45, 7) is 5.64. The molecule has 0 atom stereocenters. The zero-order chi connectivity index (χ0) is 6.95. The molecule has 0 aromatic rings. The lowest BCUT2D eigenvalue weighted by Crippen LogP contribution is -1.60. The summed E-state index contributed by atoms with van der Waals surface area (Å²) in [5, 5.41) is 0. The van der Waals surface area contributed by atoms with Gasteiger partial charge in [0.1, 0.15) is 0 Å². The summed E-state index contributed by atoms with van der Waals surface area (Å²) >= 11 is 0. The molecule has 0 aromatic carbocycles. The second-order valence-electron chi connectivity index (χ2n) is 1.82. The van der Waals surface area contributed by atoms with Crippen molar-refractivity contribution in [2.24, 2.45) is 0 Å². The first-order valence-corrected chi connectivity index (χ1v) is 3.30. The third-order valence-corrected chi connectivity index (χ3v) is 0.977. The highest BCUT2D eigenvalue weighted by molar-refractivity contribution is 5.01. The minimum Gasteiger partial charge on any atom is -0.103 e. The lowest BCUT2D eigenvalue weighted by Gasteiger charge is -1.80. The van der Waals surface area contributed by atoms with E-state index in [1.807, 2.05) is 25.2 Å². The van der Waals surface area contributed by atoms with Crippen molar-refractivity contribution < 1.29 is 0 Å². The number of allylic oxidation sites excluding steroid dienone is 5. The highest BCUT2D eigenvalue weighted by Crippen LogP contribution is 1.90. The second kappa shape index (κ2) is 7.22. The Balaban J connectivity index is 3.14. The first-order valence-electron chi connectivity index (χ1n) is 3.30. The molecular formula is C9H14. The fraction of sp³-hybridized carbons (Fsp3) is 0.333. The Morgan fingerprint density at radius 3 is 2.56 bits per heavy atom. The van der Waals surface area contributed by atoms with Gasteiger partial charge in [-0.25, -0.2) is 0 Å². The Hall–Kier alpha value is -0.780. The molecule has 9 heavy (non-hydrogen) atoms. The fourth-order valence-corrected chi connectivity index (χ4v) is 0.500. The van der Waals surface area contributed by atoms with Crippen molar-refractivity contribution in [2.75, 3.05) is 0 Å². The summed E-state index contributed by atoms with van der Waals surface area (Å²) in [4.78, 5) is 0. The van der Waals surface area contributed by atoms with Crippen molar-refractivity contribution in [3.63, 3.8) is 0 Å². The fourth-order valence-electron chi connectivity index (χ4n) is 0.500. The van der Waals surface area contributed by atoms with Crippen molar-refractivity contribution in [2.45, 2.75) is 19.8 Å². The lowest BCUT2D eigenvalue weighted by atomic mass is 10.3. The lowest BCUT2D eigenvalue weighted by molar-refractivity contribution is 1.06. The zero-order valence-corrected chi connectivity index (χ0v) is 6.01. The van der Waals surface area contributed by atoms with E-state index in [-0.39, 0.29) is 0 Å². The van der Waals surface area contributed by atoms with Gasteiger partial charge in [0.15, 0.2) is 0 Å². The van der Waals surface area contributed by atoms with E-state index < -0.39 is 0 Å². The Labute approximate surface area is 57.6 Å². The largest absolute Gasteiger partial charge is 0.103 e. The molecule has 50 valence electrons. The van der Waals surface area contributed by atoms with Gasteiger partial charge in [-0.15, -0.1) is 6.58 Å². The summed E-state index contributed by atoms with van der Waals surface area (Å²) in [5.74, 6) is 0. The van der Waals surface area contributed by atoms with Gasteiger partial charge in [0.2, 0.25) is 0 Å².